The molecule has 0 amide bonds. The molecule has 0 atom stereocenters. The molecule has 1 aromatic rings. The van der Waals surface area contributed by atoms with E-state index < -0.39 is 8.32 Å². The number of aliphatic hydroxyl groups is 1. The maximum Gasteiger partial charge on any atom is 0.242 e. The summed E-state index contributed by atoms with van der Waals surface area (Å²) in [6.45, 7) is 6.37. The van der Waals surface area contributed by atoms with E-state index in [0.29, 0.717) is 5.75 Å². The molecule has 15 heavy (non-hydrogen) atoms. The predicted octanol–water partition coefficient (Wildman–Crippen LogP) is 2.40. The highest BCUT2D eigenvalue weighted by atomic mass is 28.4. The monoisotopic (exact) mass is 226 g/mol. The molecule has 0 aliphatic rings. The highest BCUT2D eigenvalue weighted by Crippen LogP contribution is 2.30. The number of methoxy groups -OCH3 is 1. The first-order valence-corrected chi connectivity index (χ1v) is 8.34. The van der Waals surface area contributed by atoms with E-state index in [0.717, 1.165) is 11.3 Å². The lowest BCUT2D eigenvalue weighted by atomic mass is 10.2. The van der Waals surface area contributed by atoms with E-state index in [1.807, 2.05) is 12.1 Å². The van der Waals surface area contributed by atoms with Crippen LogP contribution in [-0.4, -0.2) is 20.5 Å². The molecule has 0 aliphatic carbocycles. The van der Waals surface area contributed by atoms with Gasteiger partial charge in [0.05, 0.1) is 13.7 Å². The van der Waals surface area contributed by atoms with Gasteiger partial charge in [0.15, 0.2) is 5.75 Å². The number of benzene rings is 1. The van der Waals surface area contributed by atoms with Crippen molar-refractivity contribution in [2.45, 2.75) is 26.2 Å². The minimum atomic E-state index is -1.62. The van der Waals surface area contributed by atoms with Crippen molar-refractivity contribution in [3.63, 3.8) is 0 Å². The van der Waals surface area contributed by atoms with Crippen LogP contribution in [0.5, 0.6) is 11.5 Å². The molecule has 0 radical (unpaired) electrons. The van der Waals surface area contributed by atoms with Gasteiger partial charge in [-0.15, -0.1) is 0 Å². The molecule has 0 unspecified atom stereocenters. The lowest BCUT2D eigenvalue weighted by molar-refractivity contribution is 0.280. The van der Waals surface area contributed by atoms with E-state index in [-0.39, 0.29) is 6.61 Å². The first kappa shape index (κ1) is 12.1. The summed E-state index contributed by atoms with van der Waals surface area (Å²) >= 11 is 0. The van der Waals surface area contributed by atoms with Crippen LogP contribution < -0.4 is 9.16 Å². The first-order chi connectivity index (χ1) is 6.96. The Hall–Kier alpha value is -1.00. The molecule has 0 spiro atoms. The number of rotatable bonds is 4. The normalized spacial score (nSPS) is 11.3. The molecule has 0 fully saturated rings. The standard InChI is InChI=1S/C11H18O3Si/c1-13-11-7-9(8-12)5-6-10(11)14-15(2,3)4/h5-7,12H,8H2,1-4H3. The van der Waals surface area contributed by atoms with Crippen LogP contribution in [0.15, 0.2) is 18.2 Å². The summed E-state index contributed by atoms with van der Waals surface area (Å²) in [5, 5.41) is 8.99. The Morgan fingerprint density at radius 1 is 1.20 bits per heavy atom. The minimum absolute atomic E-state index is 0.0174. The van der Waals surface area contributed by atoms with Crippen LogP contribution in [0, 0.1) is 0 Å². The van der Waals surface area contributed by atoms with Gasteiger partial charge in [-0.1, -0.05) is 6.07 Å². The lowest BCUT2D eigenvalue weighted by Crippen LogP contribution is -2.29. The third-order valence-electron chi connectivity index (χ3n) is 1.83. The van der Waals surface area contributed by atoms with Crippen molar-refractivity contribution >= 4 is 8.32 Å². The molecular weight excluding hydrogens is 208 g/mol. The third kappa shape index (κ3) is 3.57. The second kappa shape index (κ2) is 4.68. The molecule has 0 saturated heterocycles. The molecular formula is C11H18O3Si. The smallest absolute Gasteiger partial charge is 0.242 e. The number of hydrogen-bond acceptors (Lipinski definition) is 3. The van der Waals surface area contributed by atoms with Gasteiger partial charge in [0.1, 0.15) is 5.75 Å². The maximum atomic E-state index is 8.99. The van der Waals surface area contributed by atoms with E-state index in [4.69, 9.17) is 14.3 Å². The zero-order chi connectivity index (χ0) is 11.5. The van der Waals surface area contributed by atoms with Crippen molar-refractivity contribution in [1.82, 2.24) is 0 Å². The van der Waals surface area contributed by atoms with E-state index in [9.17, 15) is 0 Å². The highest BCUT2D eigenvalue weighted by molar-refractivity contribution is 6.70. The summed E-state index contributed by atoms with van der Waals surface area (Å²) in [7, 11) is -0.0110. The van der Waals surface area contributed by atoms with E-state index in [1.54, 1.807) is 13.2 Å². The second-order valence-corrected chi connectivity index (χ2v) is 8.79. The van der Waals surface area contributed by atoms with Gasteiger partial charge in [-0.05, 0) is 37.3 Å². The zero-order valence-corrected chi connectivity index (χ0v) is 10.7. The van der Waals surface area contributed by atoms with Crippen LogP contribution in [0.4, 0.5) is 0 Å². The van der Waals surface area contributed by atoms with Crippen LogP contribution in [0.3, 0.4) is 0 Å². The van der Waals surface area contributed by atoms with Gasteiger partial charge in [0.25, 0.3) is 0 Å². The maximum absolute atomic E-state index is 8.99. The van der Waals surface area contributed by atoms with Gasteiger partial charge in [-0.2, -0.15) is 0 Å². The van der Waals surface area contributed by atoms with Crippen molar-refractivity contribution in [2.24, 2.45) is 0 Å². The molecule has 3 nitrogen and oxygen atoms in total. The Balaban J connectivity index is 2.97. The van der Waals surface area contributed by atoms with Crippen molar-refractivity contribution in [3.05, 3.63) is 23.8 Å². The molecule has 0 aromatic heterocycles. The topological polar surface area (TPSA) is 38.7 Å². The van der Waals surface area contributed by atoms with Crippen LogP contribution in [0.1, 0.15) is 5.56 Å². The molecule has 0 heterocycles. The molecule has 4 heteroatoms. The fraction of sp³-hybridized carbons (Fsp3) is 0.455. The Morgan fingerprint density at radius 2 is 1.87 bits per heavy atom. The van der Waals surface area contributed by atoms with Gasteiger partial charge < -0.3 is 14.3 Å². The Bertz CT molecular complexity index is 331. The number of ether oxygens (including phenoxy) is 1. The molecule has 1 N–H and O–H groups in total. The third-order valence-corrected chi connectivity index (χ3v) is 2.66. The summed E-state index contributed by atoms with van der Waals surface area (Å²) in [4.78, 5) is 0. The number of aliphatic hydroxyl groups excluding tert-OH is 1. The minimum Gasteiger partial charge on any atom is -0.542 e. The summed E-state index contributed by atoms with van der Waals surface area (Å²) in [6, 6.07) is 5.50. The van der Waals surface area contributed by atoms with Crippen LogP contribution in [0.2, 0.25) is 19.6 Å². The Morgan fingerprint density at radius 3 is 2.33 bits per heavy atom. The van der Waals surface area contributed by atoms with Gasteiger partial charge >= 0.3 is 0 Å². The molecule has 0 aliphatic heterocycles. The Kier molecular flexibility index (Phi) is 3.76. The molecule has 0 saturated carbocycles. The van der Waals surface area contributed by atoms with Crippen LogP contribution in [0.25, 0.3) is 0 Å². The lowest BCUT2D eigenvalue weighted by Gasteiger charge is -2.21. The fourth-order valence-electron chi connectivity index (χ4n) is 1.22. The quantitative estimate of drug-likeness (QED) is 0.801. The molecule has 1 rings (SSSR count). The van der Waals surface area contributed by atoms with Crippen LogP contribution in [-0.2, 0) is 6.61 Å². The van der Waals surface area contributed by atoms with Gasteiger partial charge in [-0.25, -0.2) is 0 Å². The van der Waals surface area contributed by atoms with E-state index in [1.165, 1.54) is 0 Å². The van der Waals surface area contributed by atoms with Crippen LogP contribution >= 0.6 is 0 Å². The average molecular weight is 226 g/mol. The highest BCUT2D eigenvalue weighted by Gasteiger charge is 2.18. The summed E-state index contributed by atoms with van der Waals surface area (Å²) in [5.41, 5.74) is 0.828. The second-order valence-electron chi connectivity index (χ2n) is 4.36. The van der Waals surface area contributed by atoms with Crippen molar-refractivity contribution in [1.29, 1.82) is 0 Å². The largest absolute Gasteiger partial charge is 0.542 e. The SMILES string of the molecule is COc1cc(CO)ccc1O[Si](C)(C)C. The van der Waals surface area contributed by atoms with Crippen molar-refractivity contribution < 1.29 is 14.3 Å². The summed E-state index contributed by atoms with van der Waals surface area (Å²) in [5.74, 6) is 1.44. The van der Waals surface area contributed by atoms with Gasteiger partial charge in [0, 0.05) is 0 Å². The van der Waals surface area contributed by atoms with E-state index >= 15 is 0 Å². The van der Waals surface area contributed by atoms with Crippen molar-refractivity contribution in [3.8, 4) is 11.5 Å². The zero-order valence-electron chi connectivity index (χ0n) is 9.70. The molecule has 0 bridgehead atoms. The first-order valence-electron chi connectivity index (χ1n) is 4.93. The summed E-state index contributed by atoms with van der Waals surface area (Å²) in [6.07, 6.45) is 0. The van der Waals surface area contributed by atoms with Crippen molar-refractivity contribution in [2.75, 3.05) is 7.11 Å². The van der Waals surface area contributed by atoms with Gasteiger partial charge in [-0.3, -0.25) is 0 Å². The fourth-order valence-corrected chi connectivity index (χ4v) is 2.05. The Labute approximate surface area is 91.8 Å². The number of hydrogen-bond donors (Lipinski definition) is 1. The molecule has 1 aromatic carbocycles. The van der Waals surface area contributed by atoms with Gasteiger partial charge in [0.2, 0.25) is 8.32 Å². The average Bonchev–Trinajstić information content (AvgIpc) is 2.16. The van der Waals surface area contributed by atoms with E-state index in [2.05, 4.69) is 19.6 Å². The summed E-state index contributed by atoms with van der Waals surface area (Å²) < 4.78 is 11.1. The molecule has 84 valence electrons. The predicted molar refractivity (Wildman–Crippen MR) is 62.9 cm³/mol.